The Labute approximate surface area is 114 Å². The highest BCUT2D eigenvalue weighted by Gasteiger charge is 2.14. The lowest BCUT2D eigenvalue weighted by Crippen LogP contribution is -2.26. The molecule has 1 atom stereocenters. The van der Waals surface area contributed by atoms with Gasteiger partial charge in [-0.2, -0.15) is 9.97 Å². The Morgan fingerprint density at radius 3 is 2.79 bits per heavy atom. The molecule has 6 nitrogen and oxygen atoms in total. The van der Waals surface area contributed by atoms with Crippen molar-refractivity contribution in [2.75, 3.05) is 11.3 Å². The van der Waals surface area contributed by atoms with Gasteiger partial charge >= 0.3 is 5.16 Å². The van der Waals surface area contributed by atoms with Crippen molar-refractivity contribution in [3.05, 3.63) is 36.5 Å². The molecule has 1 aromatic heterocycles. The number of para-hydroxylation sites is 2. The van der Waals surface area contributed by atoms with Crippen LogP contribution >= 0.6 is 0 Å². The molecule has 0 spiro atoms. The van der Waals surface area contributed by atoms with Crippen LogP contribution < -0.4 is 10.9 Å². The lowest BCUT2D eigenvalue weighted by atomic mass is 10.2. The Morgan fingerprint density at radius 1 is 1.37 bits per heavy atom. The maximum atomic E-state index is 11.4. The van der Waals surface area contributed by atoms with Gasteiger partial charge in [-0.3, -0.25) is 10.0 Å². The predicted octanol–water partition coefficient (Wildman–Crippen LogP) is 1.56. The summed E-state index contributed by atoms with van der Waals surface area (Å²) in [5, 5.41) is 1.60. The molecule has 0 aliphatic rings. The molecule has 1 aromatic carbocycles. The molecular weight excluding hydrogens is 262 g/mol. The fourth-order valence-electron chi connectivity index (χ4n) is 1.53. The fraction of sp³-hybridized carbons (Fsp3) is 0.0833. The third-order valence-electron chi connectivity index (χ3n) is 2.43. The Bertz CT molecular complexity index is 590. The number of rotatable bonds is 4. The van der Waals surface area contributed by atoms with Gasteiger partial charge in [-0.25, -0.2) is 5.84 Å². The normalized spacial score (nSPS) is 11.9. The number of benzene rings is 1. The molecule has 19 heavy (non-hydrogen) atoms. The molecule has 0 aliphatic heterocycles. The highest BCUT2D eigenvalue weighted by Crippen LogP contribution is 2.30. The molecule has 0 aliphatic carbocycles. The van der Waals surface area contributed by atoms with Gasteiger partial charge in [-0.1, -0.05) is 12.1 Å². The van der Waals surface area contributed by atoms with Crippen LogP contribution in [0.5, 0.6) is 0 Å². The van der Waals surface area contributed by atoms with Gasteiger partial charge in [0, 0.05) is 23.4 Å². The average molecular weight is 275 g/mol. The number of aliphatic imine (C=N–C) groups is 1. The highest BCUT2D eigenvalue weighted by molar-refractivity contribution is 7.90. The van der Waals surface area contributed by atoms with E-state index in [2.05, 4.69) is 21.7 Å². The van der Waals surface area contributed by atoms with E-state index in [1.807, 2.05) is 12.1 Å². The van der Waals surface area contributed by atoms with Crippen molar-refractivity contribution in [1.82, 2.24) is 9.97 Å². The van der Waals surface area contributed by atoms with E-state index in [1.165, 1.54) is 17.5 Å². The Kier molecular flexibility index (Phi) is 4.10. The first-order valence-corrected chi connectivity index (χ1v) is 6.96. The monoisotopic (exact) mass is 275 g/mol. The summed E-state index contributed by atoms with van der Waals surface area (Å²) in [6, 6.07) is 8.91. The van der Waals surface area contributed by atoms with Crippen LogP contribution in [0.1, 0.15) is 0 Å². The van der Waals surface area contributed by atoms with E-state index < -0.39 is 11.2 Å². The van der Waals surface area contributed by atoms with Crippen molar-refractivity contribution in [2.24, 2.45) is 10.8 Å². The number of hydrogen-bond donors (Lipinski definition) is 1. The molecule has 1 heterocycles. The number of nitrogens with two attached hydrogens (primary N) is 1. The van der Waals surface area contributed by atoms with Gasteiger partial charge in [0.15, 0.2) is 5.82 Å². The minimum atomic E-state index is -1.26. The summed E-state index contributed by atoms with van der Waals surface area (Å²) in [4.78, 5) is 12.0. The van der Waals surface area contributed by atoms with E-state index in [0.29, 0.717) is 17.2 Å². The van der Waals surface area contributed by atoms with Gasteiger partial charge in [0.2, 0.25) is 0 Å². The molecule has 98 valence electrons. The number of hydrogen-bond acceptors (Lipinski definition) is 6. The van der Waals surface area contributed by atoms with E-state index >= 15 is 0 Å². The van der Waals surface area contributed by atoms with Gasteiger partial charge in [0.25, 0.3) is 0 Å². The third kappa shape index (κ3) is 2.90. The molecule has 2 N–H and O–H groups in total. The van der Waals surface area contributed by atoms with Gasteiger partial charge in [-0.05, 0) is 18.9 Å². The summed E-state index contributed by atoms with van der Waals surface area (Å²) in [5.41, 5.74) is 1.30. The second kappa shape index (κ2) is 5.79. The first-order valence-electron chi connectivity index (χ1n) is 5.40. The molecule has 1 unspecified atom stereocenters. The van der Waals surface area contributed by atoms with E-state index in [4.69, 9.17) is 5.84 Å². The summed E-state index contributed by atoms with van der Waals surface area (Å²) in [5.74, 6) is 6.46. The molecule has 0 saturated carbocycles. The van der Waals surface area contributed by atoms with Gasteiger partial charge in [0.05, 0.1) is 11.4 Å². The van der Waals surface area contributed by atoms with Crippen molar-refractivity contribution in [2.45, 2.75) is 5.16 Å². The largest absolute Gasteiger partial charge is 0.609 e. The highest BCUT2D eigenvalue weighted by atomic mass is 32.2. The zero-order chi connectivity index (χ0) is 13.8. The van der Waals surface area contributed by atoms with Crippen molar-refractivity contribution in [1.29, 1.82) is 0 Å². The van der Waals surface area contributed by atoms with Crippen LogP contribution in [0, 0.1) is 0 Å². The minimum absolute atomic E-state index is 0.233. The fourth-order valence-corrected chi connectivity index (χ4v) is 1.96. The van der Waals surface area contributed by atoms with E-state index in [1.54, 1.807) is 18.2 Å². The predicted molar refractivity (Wildman–Crippen MR) is 76.3 cm³/mol. The molecule has 2 rings (SSSR count). The van der Waals surface area contributed by atoms with Crippen molar-refractivity contribution in [3.63, 3.8) is 0 Å². The van der Waals surface area contributed by atoms with Crippen LogP contribution in [0.2, 0.25) is 0 Å². The summed E-state index contributed by atoms with van der Waals surface area (Å²) in [7, 11) is 0. The second-order valence-corrected chi connectivity index (χ2v) is 4.94. The molecule has 2 aromatic rings. The molecule has 0 saturated heterocycles. The first kappa shape index (κ1) is 13.5. The van der Waals surface area contributed by atoms with Gasteiger partial charge < -0.3 is 4.55 Å². The van der Waals surface area contributed by atoms with Crippen LogP contribution in [0.3, 0.4) is 0 Å². The van der Waals surface area contributed by atoms with Crippen LogP contribution in [-0.4, -0.2) is 27.5 Å². The molecule has 0 radical (unpaired) electrons. The Hall–Kier alpha value is -1.96. The van der Waals surface area contributed by atoms with Crippen molar-refractivity contribution < 1.29 is 4.55 Å². The van der Waals surface area contributed by atoms with Crippen LogP contribution in [0.4, 0.5) is 17.2 Å². The van der Waals surface area contributed by atoms with Gasteiger partial charge in [-0.15, -0.1) is 0 Å². The Morgan fingerprint density at radius 2 is 2.11 bits per heavy atom. The summed E-state index contributed by atoms with van der Waals surface area (Å²) < 4.78 is 11.4. The quantitative estimate of drug-likeness (QED) is 0.300. The second-order valence-electron chi connectivity index (χ2n) is 3.67. The smallest absolute Gasteiger partial charge is 0.344 e. The number of hydrazine groups is 1. The lowest BCUT2D eigenvalue weighted by molar-refractivity contribution is 0.592. The maximum Gasteiger partial charge on any atom is 0.344 e. The lowest BCUT2D eigenvalue weighted by Gasteiger charge is -2.19. The topological polar surface area (TPSA) is 90.5 Å². The number of nitrogens with zero attached hydrogens (tertiary/aromatic N) is 4. The standard InChI is InChI=1S/C12H13N5OS/c1-14-9-5-3-4-6-10(9)17(13)11-7-8-15-12(16-11)19(2)18/h3-8H,1,13H2,2H3. The molecule has 0 amide bonds. The van der Waals surface area contributed by atoms with E-state index in [0.717, 1.165) is 0 Å². The van der Waals surface area contributed by atoms with Crippen LogP contribution in [0.25, 0.3) is 0 Å². The van der Waals surface area contributed by atoms with Crippen molar-refractivity contribution >= 4 is 35.1 Å². The molecule has 0 bridgehead atoms. The third-order valence-corrected chi connectivity index (χ3v) is 3.15. The zero-order valence-corrected chi connectivity index (χ0v) is 11.2. The SMILES string of the molecule is C=Nc1ccccc1N(N)c1ccnc([S+](C)[O-])n1. The zero-order valence-electron chi connectivity index (χ0n) is 10.4. The van der Waals surface area contributed by atoms with E-state index in [-0.39, 0.29) is 5.16 Å². The first-order chi connectivity index (χ1) is 9.13. The van der Waals surface area contributed by atoms with Crippen LogP contribution in [0.15, 0.2) is 46.7 Å². The maximum absolute atomic E-state index is 11.4. The Balaban J connectivity index is 2.41. The summed E-state index contributed by atoms with van der Waals surface area (Å²) >= 11 is -1.26. The van der Waals surface area contributed by atoms with Crippen molar-refractivity contribution in [3.8, 4) is 0 Å². The number of aromatic nitrogens is 2. The molecular formula is C12H13N5OS. The van der Waals surface area contributed by atoms with Gasteiger partial charge in [0.1, 0.15) is 6.26 Å². The van der Waals surface area contributed by atoms with E-state index in [9.17, 15) is 4.55 Å². The summed E-state index contributed by atoms with van der Waals surface area (Å²) in [6.07, 6.45) is 3.03. The molecule has 7 heteroatoms. The molecule has 0 fully saturated rings. The average Bonchev–Trinajstić information content (AvgIpc) is 2.46. The minimum Gasteiger partial charge on any atom is -0.609 e. The van der Waals surface area contributed by atoms with Crippen LogP contribution in [-0.2, 0) is 11.2 Å². The number of anilines is 2. The summed E-state index contributed by atoms with van der Waals surface area (Å²) in [6.45, 7) is 3.50.